The fraction of sp³-hybridized carbons (Fsp3) is 0.385. The molecule has 2 aromatic heterocycles. The predicted octanol–water partition coefficient (Wildman–Crippen LogP) is 0.638. The van der Waals surface area contributed by atoms with Crippen LogP contribution in [0.15, 0.2) is 15.8 Å². The maximum atomic E-state index is 12.2. The molecule has 1 atom stereocenters. The molecule has 21 heavy (non-hydrogen) atoms. The van der Waals surface area contributed by atoms with Gasteiger partial charge in [0.2, 0.25) is 0 Å². The van der Waals surface area contributed by atoms with Crippen LogP contribution in [-0.4, -0.2) is 20.4 Å². The van der Waals surface area contributed by atoms with Crippen molar-refractivity contribution in [1.29, 1.82) is 0 Å². The Morgan fingerprint density at radius 3 is 2.67 bits per heavy atom. The molecule has 2 N–H and O–H groups in total. The Balaban J connectivity index is 2.26. The van der Waals surface area contributed by atoms with Gasteiger partial charge in [0.25, 0.3) is 11.5 Å². The van der Waals surface area contributed by atoms with Crippen LogP contribution in [0.1, 0.15) is 38.9 Å². The SMILES string of the molecule is Cc1nc([C@H](C)NC(=O)c2cn(C)c(=O)[nH]c2=O)c(C)s1. The van der Waals surface area contributed by atoms with Crippen molar-refractivity contribution in [3.8, 4) is 0 Å². The highest BCUT2D eigenvalue weighted by atomic mass is 32.1. The van der Waals surface area contributed by atoms with Gasteiger partial charge in [-0.2, -0.15) is 0 Å². The number of rotatable bonds is 3. The lowest BCUT2D eigenvalue weighted by molar-refractivity contribution is 0.0936. The molecule has 0 bridgehead atoms. The van der Waals surface area contributed by atoms with Crippen LogP contribution in [0.4, 0.5) is 0 Å². The van der Waals surface area contributed by atoms with Crippen LogP contribution in [-0.2, 0) is 7.05 Å². The lowest BCUT2D eigenvalue weighted by atomic mass is 10.2. The van der Waals surface area contributed by atoms with Gasteiger partial charge in [-0.1, -0.05) is 0 Å². The second-order valence-electron chi connectivity index (χ2n) is 4.78. The van der Waals surface area contributed by atoms with E-state index in [2.05, 4.69) is 15.3 Å². The summed E-state index contributed by atoms with van der Waals surface area (Å²) in [5.74, 6) is -0.538. The first-order valence-corrected chi connectivity index (χ1v) is 7.16. The van der Waals surface area contributed by atoms with E-state index in [9.17, 15) is 14.4 Å². The predicted molar refractivity (Wildman–Crippen MR) is 79.8 cm³/mol. The average Bonchev–Trinajstić information content (AvgIpc) is 2.72. The molecular weight excluding hydrogens is 292 g/mol. The highest BCUT2D eigenvalue weighted by molar-refractivity contribution is 7.11. The Morgan fingerprint density at radius 1 is 1.43 bits per heavy atom. The van der Waals surface area contributed by atoms with Crippen LogP contribution < -0.4 is 16.6 Å². The molecule has 2 aromatic rings. The van der Waals surface area contributed by atoms with E-state index in [-0.39, 0.29) is 11.6 Å². The molecule has 0 spiro atoms. The van der Waals surface area contributed by atoms with Crippen molar-refractivity contribution in [1.82, 2.24) is 19.9 Å². The molecule has 0 aliphatic rings. The number of carbonyl (C=O) groups is 1. The quantitative estimate of drug-likeness (QED) is 0.869. The highest BCUT2D eigenvalue weighted by Crippen LogP contribution is 2.22. The Labute approximate surface area is 124 Å². The third-order valence-corrected chi connectivity index (χ3v) is 3.95. The average molecular weight is 308 g/mol. The molecule has 0 aliphatic heterocycles. The normalized spacial score (nSPS) is 12.2. The van der Waals surface area contributed by atoms with Gasteiger partial charge in [0.15, 0.2) is 0 Å². The summed E-state index contributed by atoms with van der Waals surface area (Å²) >= 11 is 1.55. The second kappa shape index (κ2) is 5.65. The topological polar surface area (TPSA) is 96.8 Å². The lowest BCUT2D eigenvalue weighted by Gasteiger charge is -2.12. The number of nitrogens with one attached hydrogen (secondary N) is 2. The standard InChI is InChI=1S/C13H16N4O3S/c1-6(10-7(2)21-8(3)15-10)14-11(18)9-5-17(4)13(20)16-12(9)19/h5-6H,1-4H3,(H,14,18)(H,16,19,20)/t6-/m0/s1. The largest absolute Gasteiger partial charge is 0.344 e. The van der Waals surface area contributed by atoms with Gasteiger partial charge in [-0.25, -0.2) is 9.78 Å². The molecule has 2 heterocycles. The number of thiazole rings is 1. The van der Waals surface area contributed by atoms with Crippen molar-refractivity contribution >= 4 is 17.2 Å². The number of aromatic amines is 1. The van der Waals surface area contributed by atoms with Crippen LogP contribution >= 0.6 is 11.3 Å². The summed E-state index contributed by atoms with van der Waals surface area (Å²) in [7, 11) is 1.46. The van der Waals surface area contributed by atoms with Crippen molar-refractivity contribution in [2.75, 3.05) is 0 Å². The lowest BCUT2D eigenvalue weighted by Crippen LogP contribution is -2.37. The van der Waals surface area contributed by atoms with Crippen LogP contribution in [0, 0.1) is 13.8 Å². The number of carbonyl (C=O) groups excluding carboxylic acids is 1. The summed E-state index contributed by atoms with van der Waals surface area (Å²) in [4.78, 5) is 42.6. The molecule has 2 rings (SSSR count). The van der Waals surface area contributed by atoms with Gasteiger partial charge in [0.1, 0.15) is 5.56 Å². The summed E-state index contributed by atoms with van der Waals surface area (Å²) < 4.78 is 1.15. The van der Waals surface area contributed by atoms with E-state index in [0.717, 1.165) is 20.1 Å². The maximum absolute atomic E-state index is 12.2. The second-order valence-corrected chi connectivity index (χ2v) is 6.19. The Morgan fingerprint density at radius 2 is 2.10 bits per heavy atom. The number of nitrogens with zero attached hydrogens (tertiary/aromatic N) is 2. The number of hydrogen-bond donors (Lipinski definition) is 2. The van der Waals surface area contributed by atoms with E-state index in [1.807, 2.05) is 13.8 Å². The van der Waals surface area contributed by atoms with Gasteiger partial charge in [0, 0.05) is 18.1 Å². The molecule has 7 nitrogen and oxygen atoms in total. The third-order valence-electron chi connectivity index (χ3n) is 3.05. The first-order valence-electron chi connectivity index (χ1n) is 6.34. The van der Waals surface area contributed by atoms with Crippen molar-refractivity contribution in [2.24, 2.45) is 7.05 Å². The molecule has 0 saturated heterocycles. The first-order chi connectivity index (χ1) is 9.79. The maximum Gasteiger partial charge on any atom is 0.328 e. The molecule has 0 saturated carbocycles. The molecule has 0 fully saturated rings. The Bertz CT molecular complexity index is 802. The van der Waals surface area contributed by atoms with Crippen molar-refractivity contribution in [2.45, 2.75) is 26.8 Å². The zero-order chi connectivity index (χ0) is 15.7. The molecule has 1 amide bonds. The minimum absolute atomic E-state index is 0.103. The molecule has 112 valence electrons. The van der Waals surface area contributed by atoms with E-state index in [4.69, 9.17) is 0 Å². The molecule has 8 heteroatoms. The van der Waals surface area contributed by atoms with E-state index >= 15 is 0 Å². The van der Waals surface area contributed by atoms with Crippen LogP contribution in [0.3, 0.4) is 0 Å². The number of amides is 1. The minimum atomic E-state index is -0.700. The zero-order valence-electron chi connectivity index (χ0n) is 12.2. The summed E-state index contributed by atoms with van der Waals surface area (Å²) in [6, 6.07) is -0.320. The summed E-state index contributed by atoms with van der Waals surface area (Å²) in [6.45, 7) is 5.63. The molecular formula is C13H16N4O3S. The molecule has 0 aromatic carbocycles. The summed E-state index contributed by atoms with van der Waals surface area (Å²) in [5, 5.41) is 3.64. The van der Waals surface area contributed by atoms with Crippen molar-refractivity contribution < 1.29 is 4.79 Å². The number of H-pyrrole nitrogens is 1. The van der Waals surface area contributed by atoms with Crippen molar-refractivity contribution in [3.05, 3.63) is 48.2 Å². The monoisotopic (exact) mass is 308 g/mol. The van der Waals surface area contributed by atoms with E-state index in [1.165, 1.54) is 13.2 Å². The first kappa shape index (κ1) is 15.2. The van der Waals surface area contributed by atoms with Crippen LogP contribution in [0.2, 0.25) is 0 Å². The fourth-order valence-corrected chi connectivity index (χ4v) is 2.93. The molecule has 0 aliphatic carbocycles. The third kappa shape index (κ3) is 3.10. The van der Waals surface area contributed by atoms with Gasteiger partial charge < -0.3 is 9.88 Å². The van der Waals surface area contributed by atoms with E-state index in [1.54, 1.807) is 18.3 Å². The fourth-order valence-electron chi connectivity index (χ4n) is 2.01. The van der Waals surface area contributed by atoms with E-state index < -0.39 is 17.2 Å². The number of hydrogen-bond acceptors (Lipinski definition) is 5. The van der Waals surface area contributed by atoms with E-state index in [0.29, 0.717) is 0 Å². The van der Waals surface area contributed by atoms with Gasteiger partial charge in [-0.05, 0) is 20.8 Å². The number of aromatic nitrogens is 3. The summed E-state index contributed by atoms with van der Waals surface area (Å²) in [5.41, 5.74) is -0.579. The highest BCUT2D eigenvalue weighted by Gasteiger charge is 2.18. The molecule has 0 radical (unpaired) electrons. The van der Waals surface area contributed by atoms with Crippen LogP contribution in [0.5, 0.6) is 0 Å². The zero-order valence-corrected chi connectivity index (χ0v) is 13.0. The number of aryl methyl sites for hydroxylation is 3. The smallest absolute Gasteiger partial charge is 0.328 e. The van der Waals surface area contributed by atoms with Gasteiger partial charge in [-0.3, -0.25) is 14.6 Å². The molecule has 0 unspecified atom stereocenters. The van der Waals surface area contributed by atoms with Crippen molar-refractivity contribution in [3.63, 3.8) is 0 Å². The minimum Gasteiger partial charge on any atom is -0.344 e. The summed E-state index contributed by atoms with van der Waals surface area (Å²) in [6.07, 6.45) is 1.22. The van der Waals surface area contributed by atoms with Gasteiger partial charge in [-0.15, -0.1) is 11.3 Å². The van der Waals surface area contributed by atoms with Gasteiger partial charge >= 0.3 is 5.69 Å². The Kier molecular flexibility index (Phi) is 4.08. The van der Waals surface area contributed by atoms with Crippen LogP contribution in [0.25, 0.3) is 0 Å². The van der Waals surface area contributed by atoms with Gasteiger partial charge in [0.05, 0.1) is 16.7 Å². The Hall–Kier alpha value is -2.22.